The summed E-state index contributed by atoms with van der Waals surface area (Å²) >= 11 is 7.61. The Morgan fingerprint density at radius 1 is 1.14 bits per heavy atom. The Bertz CT molecular complexity index is 1210. The van der Waals surface area contributed by atoms with Crippen LogP contribution in [0.1, 0.15) is 21.6 Å². The molecule has 3 aromatic heterocycles. The molecule has 0 aliphatic heterocycles. The van der Waals surface area contributed by atoms with Crippen molar-refractivity contribution in [3.05, 3.63) is 82.1 Å². The molecule has 1 aromatic carbocycles. The lowest BCUT2D eigenvalue weighted by atomic mass is 10.2. The van der Waals surface area contributed by atoms with E-state index in [9.17, 15) is 4.79 Å². The van der Waals surface area contributed by atoms with Crippen molar-refractivity contribution in [2.75, 3.05) is 5.32 Å². The standard InChI is InChI=1S/C20H13ClN6OS/c21-18-15(10-23-27(18)11-13-5-2-1-3-6-13)19(28)26-20-25-17(12-29-20)16-8-4-7-14(9-22)24-16/h1-8,10,12H,11H2,(H,25,26,28). The quantitative estimate of drug-likeness (QED) is 0.521. The van der Waals surface area contributed by atoms with Crippen LogP contribution in [0.4, 0.5) is 5.13 Å². The number of nitriles is 1. The van der Waals surface area contributed by atoms with Gasteiger partial charge in [-0.3, -0.25) is 10.1 Å². The number of rotatable bonds is 5. The first-order valence-corrected chi connectivity index (χ1v) is 9.79. The molecule has 142 valence electrons. The van der Waals surface area contributed by atoms with Crippen LogP contribution < -0.4 is 5.32 Å². The lowest BCUT2D eigenvalue weighted by molar-refractivity contribution is 0.102. The summed E-state index contributed by atoms with van der Waals surface area (Å²) in [4.78, 5) is 21.2. The number of carbonyl (C=O) groups is 1. The fourth-order valence-electron chi connectivity index (χ4n) is 2.64. The third kappa shape index (κ3) is 4.16. The minimum Gasteiger partial charge on any atom is -0.298 e. The van der Waals surface area contributed by atoms with Crippen LogP contribution in [0, 0.1) is 11.3 Å². The van der Waals surface area contributed by atoms with Crippen molar-refractivity contribution in [1.82, 2.24) is 19.7 Å². The normalized spacial score (nSPS) is 10.5. The van der Waals surface area contributed by atoms with Crippen LogP contribution in [0.3, 0.4) is 0 Å². The zero-order valence-corrected chi connectivity index (χ0v) is 16.5. The average molecular weight is 421 g/mol. The summed E-state index contributed by atoms with van der Waals surface area (Å²) in [7, 11) is 0. The second-order valence-corrected chi connectivity index (χ2v) is 7.22. The minimum atomic E-state index is -0.394. The Labute approximate surface area is 175 Å². The van der Waals surface area contributed by atoms with E-state index in [1.807, 2.05) is 36.4 Å². The Kier molecular flexibility index (Phi) is 5.33. The highest BCUT2D eigenvalue weighted by molar-refractivity contribution is 7.14. The van der Waals surface area contributed by atoms with Gasteiger partial charge < -0.3 is 0 Å². The molecule has 0 aliphatic carbocycles. The topological polar surface area (TPSA) is 96.5 Å². The molecule has 0 saturated carbocycles. The summed E-state index contributed by atoms with van der Waals surface area (Å²) in [5.41, 5.74) is 2.74. The van der Waals surface area contributed by atoms with Gasteiger partial charge in [-0.15, -0.1) is 11.3 Å². The number of aromatic nitrogens is 4. The zero-order valence-electron chi connectivity index (χ0n) is 14.9. The van der Waals surface area contributed by atoms with Gasteiger partial charge in [0.05, 0.1) is 24.0 Å². The van der Waals surface area contributed by atoms with E-state index in [-0.39, 0.29) is 10.7 Å². The number of thiazole rings is 1. The molecule has 4 rings (SSSR count). The molecule has 9 heteroatoms. The van der Waals surface area contributed by atoms with E-state index in [0.29, 0.717) is 28.8 Å². The highest BCUT2D eigenvalue weighted by Crippen LogP contribution is 2.25. The number of anilines is 1. The smallest absolute Gasteiger partial charge is 0.262 e. The van der Waals surface area contributed by atoms with Gasteiger partial charge in [-0.2, -0.15) is 10.4 Å². The molecule has 0 fully saturated rings. The predicted octanol–water partition coefficient (Wildman–Crippen LogP) is 4.23. The van der Waals surface area contributed by atoms with Crippen molar-refractivity contribution in [1.29, 1.82) is 5.26 Å². The lowest BCUT2D eigenvalue weighted by Gasteiger charge is -2.04. The van der Waals surface area contributed by atoms with Gasteiger partial charge in [-0.25, -0.2) is 14.6 Å². The molecule has 0 bridgehead atoms. The Balaban J connectivity index is 1.49. The molecule has 0 saturated heterocycles. The van der Waals surface area contributed by atoms with E-state index in [1.54, 1.807) is 28.3 Å². The fraction of sp³-hybridized carbons (Fsp3) is 0.0500. The minimum absolute atomic E-state index is 0.256. The Morgan fingerprint density at radius 2 is 1.97 bits per heavy atom. The molecule has 1 amide bonds. The summed E-state index contributed by atoms with van der Waals surface area (Å²) < 4.78 is 1.57. The molecule has 0 aliphatic rings. The highest BCUT2D eigenvalue weighted by Gasteiger charge is 2.18. The number of nitrogens with zero attached hydrogens (tertiary/aromatic N) is 5. The molecule has 0 spiro atoms. The summed E-state index contributed by atoms with van der Waals surface area (Å²) in [5, 5.41) is 18.3. The molecule has 29 heavy (non-hydrogen) atoms. The van der Waals surface area contributed by atoms with E-state index in [4.69, 9.17) is 16.9 Å². The third-order valence-corrected chi connectivity index (χ3v) is 5.20. The van der Waals surface area contributed by atoms with Crippen molar-refractivity contribution < 1.29 is 4.79 Å². The maximum Gasteiger partial charge on any atom is 0.262 e. The van der Waals surface area contributed by atoms with Gasteiger partial charge in [0.2, 0.25) is 0 Å². The first-order valence-electron chi connectivity index (χ1n) is 8.53. The van der Waals surface area contributed by atoms with Gasteiger partial charge in [-0.1, -0.05) is 48.0 Å². The van der Waals surface area contributed by atoms with E-state index in [2.05, 4.69) is 20.4 Å². The van der Waals surface area contributed by atoms with E-state index in [1.165, 1.54) is 17.5 Å². The summed E-state index contributed by atoms with van der Waals surface area (Å²) in [6, 6.07) is 16.8. The van der Waals surface area contributed by atoms with Gasteiger partial charge in [0.15, 0.2) is 5.13 Å². The number of benzene rings is 1. The Hall–Kier alpha value is -3.54. The largest absolute Gasteiger partial charge is 0.298 e. The maximum absolute atomic E-state index is 12.6. The monoisotopic (exact) mass is 420 g/mol. The van der Waals surface area contributed by atoms with Gasteiger partial charge >= 0.3 is 0 Å². The molecular weight excluding hydrogens is 408 g/mol. The number of halogens is 1. The molecule has 4 aromatic rings. The van der Waals surface area contributed by atoms with Crippen molar-refractivity contribution in [2.24, 2.45) is 0 Å². The second kappa shape index (κ2) is 8.22. The molecule has 0 unspecified atom stereocenters. The molecule has 3 heterocycles. The molecule has 0 radical (unpaired) electrons. The van der Waals surface area contributed by atoms with E-state index in [0.717, 1.165) is 5.56 Å². The van der Waals surface area contributed by atoms with Crippen LogP contribution in [0.25, 0.3) is 11.4 Å². The van der Waals surface area contributed by atoms with Crippen LogP contribution >= 0.6 is 22.9 Å². The number of hydrogen-bond acceptors (Lipinski definition) is 6. The fourth-order valence-corrected chi connectivity index (χ4v) is 3.58. The van der Waals surface area contributed by atoms with Gasteiger partial charge in [-0.05, 0) is 17.7 Å². The number of amides is 1. The van der Waals surface area contributed by atoms with E-state index >= 15 is 0 Å². The summed E-state index contributed by atoms with van der Waals surface area (Å²) in [5.74, 6) is -0.394. The Morgan fingerprint density at radius 3 is 2.76 bits per heavy atom. The van der Waals surface area contributed by atoms with E-state index < -0.39 is 5.91 Å². The second-order valence-electron chi connectivity index (χ2n) is 6.00. The van der Waals surface area contributed by atoms with Crippen LogP contribution in [-0.2, 0) is 6.54 Å². The molecule has 0 atom stereocenters. The first-order chi connectivity index (χ1) is 14.1. The van der Waals surface area contributed by atoms with Crippen LogP contribution in [0.15, 0.2) is 60.1 Å². The number of hydrogen-bond donors (Lipinski definition) is 1. The van der Waals surface area contributed by atoms with Gasteiger partial charge in [0.25, 0.3) is 5.91 Å². The predicted molar refractivity (Wildman–Crippen MR) is 111 cm³/mol. The average Bonchev–Trinajstić information content (AvgIpc) is 3.36. The van der Waals surface area contributed by atoms with Crippen molar-refractivity contribution >= 4 is 34.0 Å². The molecule has 1 N–H and O–H groups in total. The van der Waals surface area contributed by atoms with Gasteiger partial charge in [0.1, 0.15) is 22.6 Å². The van der Waals surface area contributed by atoms with Crippen LogP contribution in [0.5, 0.6) is 0 Å². The number of pyridine rings is 1. The lowest BCUT2D eigenvalue weighted by Crippen LogP contribution is -2.12. The SMILES string of the molecule is N#Cc1cccc(-c2csc(NC(=O)c3cnn(Cc4ccccc4)c3Cl)n2)n1. The molecule has 7 nitrogen and oxygen atoms in total. The summed E-state index contributed by atoms with van der Waals surface area (Å²) in [6.45, 7) is 0.468. The summed E-state index contributed by atoms with van der Waals surface area (Å²) in [6.07, 6.45) is 1.44. The van der Waals surface area contributed by atoms with Crippen molar-refractivity contribution in [3.8, 4) is 17.5 Å². The first kappa shape index (κ1) is 18.8. The maximum atomic E-state index is 12.6. The van der Waals surface area contributed by atoms with Crippen molar-refractivity contribution in [2.45, 2.75) is 6.54 Å². The van der Waals surface area contributed by atoms with Crippen LogP contribution in [0.2, 0.25) is 5.15 Å². The molecular formula is C20H13ClN6OS. The zero-order chi connectivity index (χ0) is 20.2. The number of carbonyl (C=O) groups excluding carboxylic acids is 1. The van der Waals surface area contributed by atoms with Crippen molar-refractivity contribution in [3.63, 3.8) is 0 Å². The van der Waals surface area contributed by atoms with Gasteiger partial charge in [0, 0.05) is 5.38 Å². The van der Waals surface area contributed by atoms with Crippen LogP contribution in [-0.4, -0.2) is 25.7 Å². The highest BCUT2D eigenvalue weighted by atomic mass is 35.5. The third-order valence-electron chi connectivity index (χ3n) is 4.05. The number of nitrogens with one attached hydrogen (secondary N) is 1.